The number of hydrogen-bond acceptors (Lipinski definition) is 2. The Morgan fingerprint density at radius 1 is 0.333 bits per heavy atom. The van der Waals surface area contributed by atoms with Crippen LogP contribution < -0.4 is 11.5 Å². The average Bonchev–Trinajstić information content (AvgIpc) is 3.03. The van der Waals surface area contributed by atoms with Crippen LogP contribution in [0.5, 0.6) is 0 Å². The smallest absolute Gasteiger partial charge is 0.0314 e. The van der Waals surface area contributed by atoms with Gasteiger partial charge in [-0.15, -0.1) is 0 Å². The van der Waals surface area contributed by atoms with Gasteiger partial charge < -0.3 is 11.5 Å². The number of anilines is 2. The van der Waals surface area contributed by atoms with Gasteiger partial charge in [0, 0.05) is 11.4 Å². The zero-order chi connectivity index (χ0) is 32.7. The molecule has 4 aromatic rings. The van der Waals surface area contributed by atoms with Gasteiger partial charge in [-0.3, -0.25) is 0 Å². The average molecular weight is 603 g/mol. The lowest BCUT2D eigenvalue weighted by Crippen LogP contribution is -2.06. The normalized spacial score (nSPS) is 11.4. The molecule has 4 aromatic carbocycles. The van der Waals surface area contributed by atoms with Crippen LogP contribution in [0.3, 0.4) is 0 Å². The van der Waals surface area contributed by atoms with Gasteiger partial charge in [0.15, 0.2) is 0 Å². The second kappa shape index (κ2) is 15.7. The molecule has 0 amide bonds. The third-order valence-corrected chi connectivity index (χ3v) is 10.9. The van der Waals surface area contributed by atoms with Crippen LogP contribution in [0.15, 0.2) is 48.5 Å². The molecule has 0 fully saturated rings. The Balaban J connectivity index is 1.22. The molecule has 0 heterocycles. The van der Waals surface area contributed by atoms with E-state index in [0.717, 1.165) is 24.2 Å². The number of nitrogen functional groups attached to an aromatic ring is 2. The van der Waals surface area contributed by atoms with E-state index < -0.39 is 0 Å². The van der Waals surface area contributed by atoms with Crippen molar-refractivity contribution in [3.8, 4) is 0 Å². The lowest BCUT2D eigenvalue weighted by atomic mass is 9.84. The summed E-state index contributed by atoms with van der Waals surface area (Å²) in [5.74, 6) is 0. The van der Waals surface area contributed by atoms with Crippen molar-refractivity contribution in [3.63, 3.8) is 0 Å². The first kappa shape index (κ1) is 34.4. The largest absolute Gasteiger partial charge is 0.399 e. The zero-order valence-corrected chi connectivity index (χ0v) is 29.6. The maximum absolute atomic E-state index is 5.91. The van der Waals surface area contributed by atoms with Crippen molar-refractivity contribution < 1.29 is 0 Å². The minimum absolute atomic E-state index is 0.832. The van der Waals surface area contributed by atoms with E-state index in [1.165, 1.54) is 125 Å². The minimum atomic E-state index is 0.832. The first-order chi connectivity index (χ1) is 21.5. The van der Waals surface area contributed by atoms with Crippen LogP contribution in [0.2, 0.25) is 0 Å². The van der Waals surface area contributed by atoms with Crippen molar-refractivity contribution >= 4 is 11.4 Å². The molecule has 45 heavy (non-hydrogen) atoms. The summed E-state index contributed by atoms with van der Waals surface area (Å²) in [5.41, 5.74) is 34.2. The molecule has 0 saturated heterocycles. The van der Waals surface area contributed by atoms with Crippen molar-refractivity contribution in [2.75, 3.05) is 11.5 Å². The van der Waals surface area contributed by atoms with E-state index in [2.05, 4.69) is 79.7 Å². The summed E-state index contributed by atoms with van der Waals surface area (Å²) in [6.07, 6.45) is 13.7. The standard InChI is InChI=1S/C43H58N2/c1-28-32(5)42(26-36-18-22-38(44)23-19-36)33(6)29(2)40(28)16-14-12-10-9-11-13-15-17-41-30(3)34(7)43(35(8)31(41)4)27-37-20-24-39(45)25-21-37/h18-25H,9-17,26-27,44-45H2,1-8H3. The van der Waals surface area contributed by atoms with Gasteiger partial charge in [0.05, 0.1) is 0 Å². The molecule has 0 bridgehead atoms. The molecule has 0 aliphatic heterocycles. The van der Waals surface area contributed by atoms with E-state index in [0.29, 0.717) is 0 Å². The zero-order valence-electron chi connectivity index (χ0n) is 29.6. The van der Waals surface area contributed by atoms with E-state index in [9.17, 15) is 0 Å². The highest BCUT2D eigenvalue weighted by atomic mass is 14.5. The van der Waals surface area contributed by atoms with Crippen LogP contribution in [0.1, 0.15) is 123 Å². The van der Waals surface area contributed by atoms with Crippen LogP contribution in [0.4, 0.5) is 11.4 Å². The molecule has 4 N–H and O–H groups in total. The van der Waals surface area contributed by atoms with E-state index >= 15 is 0 Å². The first-order valence-electron chi connectivity index (χ1n) is 17.3. The van der Waals surface area contributed by atoms with E-state index in [1.54, 1.807) is 11.1 Å². The summed E-state index contributed by atoms with van der Waals surface area (Å²) < 4.78 is 0. The molecular weight excluding hydrogens is 544 g/mol. The highest BCUT2D eigenvalue weighted by Crippen LogP contribution is 2.32. The van der Waals surface area contributed by atoms with Crippen molar-refractivity contribution in [1.29, 1.82) is 0 Å². The highest BCUT2D eigenvalue weighted by molar-refractivity contribution is 5.53. The van der Waals surface area contributed by atoms with Crippen molar-refractivity contribution in [2.24, 2.45) is 0 Å². The number of benzene rings is 4. The SMILES string of the molecule is Cc1c(C)c(Cc2ccc(N)cc2)c(C)c(C)c1CCCCCCCCCc1c(C)c(C)c(Cc2ccc(N)cc2)c(C)c1C. The topological polar surface area (TPSA) is 52.0 Å². The monoisotopic (exact) mass is 602 g/mol. The second-order valence-corrected chi connectivity index (χ2v) is 13.7. The van der Waals surface area contributed by atoms with Crippen molar-refractivity contribution in [3.05, 3.63) is 126 Å². The summed E-state index contributed by atoms with van der Waals surface area (Å²) in [6, 6.07) is 16.7. The molecular formula is C43H58N2. The Hall–Kier alpha value is -3.52. The fourth-order valence-electron chi connectivity index (χ4n) is 7.38. The Kier molecular flexibility index (Phi) is 12.0. The Labute approximate surface area is 274 Å². The molecule has 0 unspecified atom stereocenters. The van der Waals surface area contributed by atoms with Crippen LogP contribution in [0.25, 0.3) is 0 Å². The van der Waals surface area contributed by atoms with Crippen LogP contribution >= 0.6 is 0 Å². The highest BCUT2D eigenvalue weighted by Gasteiger charge is 2.16. The predicted molar refractivity (Wildman–Crippen MR) is 198 cm³/mol. The molecule has 2 heteroatoms. The van der Waals surface area contributed by atoms with E-state index in [1.807, 2.05) is 24.3 Å². The third kappa shape index (κ3) is 8.40. The van der Waals surface area contributed by atoms with Gasteiger partial charge in [-0.2, -0.15) is 0 Å². The molecule has 0 saturated carbocycles. The van der Waals surface area contributed by atoms with Gasteiger partial charge >= 0.3 is 0 Å². The van der Waals surface area contributed by atoms with Gasteiger partial charge in [0.2, 0.25) is 0 Å². The Bertz CT molecular complexity index is 1410. The molecule has 0 aliphatic carbocycles. The van der Waals surface area contributed by atoms with Crippen LogP contribution in [-0.2, 0) is 25.7 Å². The second-order valence-electron chi connectivity index (χ2n) is 13.7. The summed E-state index contributed by atoms with van der Waals surface area (Å²) in [7, 11) is 0. The van der Waals surface area contributed by atoms with Gasteiger partial charge in [-0.05, 0) is 196 Å². The number of unbranched alkanes of at least 4 members (excludes halogenated alkanes) is 6. The quantitative estimate of drug-likeness (QED) is 0.111. The fourth-order valence-corrected chi connectivity index (χ4v) is 7.38. The summed E-state index contributed by atoms with van der Waals surface area (Å²) in [4.78, 5) is 0. The van der Waals surface area contributed by atoms with Gasteiger partial charge in [-0.1, -0.05) is 56.4 Å². The predicted octanol–water partition coefficient (Wildman–Crippen LogP) is 11.0. The lowest BCUT2D eigenvalue weighted by Gasteiger charge is -2.21. The third-order valence-electron chi connectivity index (χ3n) is 10.9. The minimum Gasteiger partial charge on any atom is -0.399 e. The van der Waals surface area contributed by atoms with Gasteiger partial charge in [-0.25, -0.2) is 0 Å². The molecule has 2 nitrogen and oxygen atoms in total. The van der Waals surface area contributed by atoms with Crippen LogP contribution in [0, 0.1) is 55.4 Å². The fraction of sp³-hybridized carbons (Fsp3) is 0.442. The molecule has 0 radical (unpaired) electrons. The van der Waals surface area contributed by atoms with Crippen molar-refractivity contribution in [2.45, 2.75) is 126 Å². The summed E-state index contributed by atoms with van der Waals surface area (Å²) >= 11 is 0. The van der Waals surface area contributed by atoms with E-state index in [4.69, 9.17) is 11.5 Å². The molecule has 0 aromatic heterocycles. The van der Waals surface area contributed by atoms with E-state index in [-0.39, 0.29) is 0 Å². The van der Waals surface area contributed by atoms with Crippen molar-refractivity contribution in [1.82, 2.24) is 0 Å². The molecule has 0 atom stereocenters. The first-order valence-corrected chi connectivity index (χ1v) is 17.3. The summed E-state index contributed by atoms with van der Waals surface area (Å²) in [6.45, 7) is 18.6. The maximum atomic E-state index is 5.91. The molecule has 0 spiro atoms. The number of nitrogens with two attached hydrogens (primary N) is 2. The molecule has 0 aliphatic rings. The molecule has 240 valence electrons. The number of rotatable bonds is 14. The Morgan fingerprint density at radius 3 is 0.867 bits per heavy atom. The van der Waals surface area contributed by atoms with Gasteiger partial charge in [0.25, 0.3) is 0 Å². The lowest BCUT2D eigenvalue weighted by molar-refractivity contribution is 0.577. The summed E-state index contributed by atoms with van der Waals surface area (Å²) in [5, 5.41) is 0. The maximum Gasteiger partial charge on any atom is 0.0314 e. The Morgan fingerprint density at radius 2 is 0.578 bits per heavy atom. The molecule has 4 rings (SSSR count). The van der Waals surface area contributed by atoms with Gasteiger partial charge in [0.1, 0.15) is 0 Å². The van der Waals surface area contributed by atoms with Crippen LogP contribution in [-0.4, -0.2) is 0 Å². The number of hydrogen-bond donors (Lipinski definition) is 2.